The number of aromatic nitrogens is 2. The van der Waals surface area contributed by atoms with Crippen LogP contribution in [-0.2, 0) is 0 Å². The molecule has 2 rings (SSSR count). The van der Waals surface area contributed by atoms with E-state index >= 15 is 0 Å². The minimum atomic E-state index is 0.235. The molecule has 5 heteroatoms. The summed E-state index contributed by atoms with van der Waals surface area (Å²) in [6.45, 7) is 2.05. The van der Waals surface area contributed by atoms with Crippen molar-refractivity contribution in [1.29, 1.82) is 0 Å². The van der Waals surface area contributed by atoms with Gasteiger partial charge in [0.15, 0.2) is 0 Å². The van der Waals surface area contributed by atoms with Gasteiger partial charge in [0.25, 0.3) is 0 Å². The summed E-state index contributed by atoms with van der Waals surface area (Å²) in [6, 6.07) is 8.13. The van der Waals surface area contributed by atoms with Crippen LogP contribution in [0.3, 0.4) is 0 Å². The third-order valence-electron chi connectivity index (χ3n) is 1.97. The second-order valence-corrected chi connectivity index (χ2v) is 4.77. The van der Waals surface area contributed by atoms with E-state index in [9.17, 15) is 0 Å². The first-order valence-corrected chi connectivity index (χ1v) is 5.87. The van der Waals surface area contributed by atoms with Crippen molar-refractivity contribution in [2.45, 2.75) is 16.8 Å². The number of benzene rings is 1. The molecule has 1 heterocycles. The van der Waals surface area contributed by atoms with Crippen LogP contribution in [0.5, 0.6) is 0 Å². The zero-order valence-corrected chi connectivity index (χ0v) is 10.2. The highest BCUT2D eigenvalue weighted by atomic mass is 35.5. The lowest BCUT2D eigenvalue weighted by atomic mass is 10.2. The number of aryl methyl sites for hydroxylation is 1. The Hall–Kier alpha value is -1.26. The normalized spacial score (nSPS) is 10.4. The minimum absolute atomic E-state index is 0.235. The van der Waals surface area contributed by atoms with Crippen LogP contribution in [0.2, 0.25) is 5.02 Å². The molecule has 0 atom stereocenters. The van der Waals surface area contributed by atoms with Gasteiger partial charge in [-0.25, -0.2) is 9.97 Å². The van der Waals surface area contributed by atoms with E-state index in [4.69, 9.17) is 17.3 Å². The van der Waals surface area contributed by atoms with E-state index in [-0.39, 0.29) is 5.95 Å². The molecule has 0 aliphatic rings. The van der Waals surface area contributed by atoms with Gasteiger partial charge in [-0.05, 0) is 19.1 Å². The van der Waals surface area contributed by atoms with Gasteiger partial charge in [0.05, 0.1) is 11.2 Å². The molecular weight excluding hydrogens is 242 g/mol. The maximum Gasteiger partial charge on any atom is 0.221 e. The Morgan fingerprint density at radius 2 is 1.94 bits per heavy atom. The Balaban J connectivity index is 2.26. The summed E-state index contributed by atoms with van der Waals surface area (Å²) in [5.41, 5.74) is 6.73. The predicted molar refractivity (Wildman–Crippen MR) is 66.8 cm³/mol. The SMILES string of the molecule is Cc1ccc(Sc2nc(N)ncc2Cl)cc1. The van der Waals surface area contributed by atoms with Gasteiger partial charge < -0.3 is 5.73 Å². The largest absolute Gasteiger partial charge is 0.368 e. The number of rotatable bonds is 2. The van der Waals surface area contributed by atoms with Crippen molar-refractivity contribution in [3.05, 3.63) is 41.0 Å². The fourth-order valence-corrected chi connectivity index (χ4v) is 2.15. The third kappa shape index (κ3) is 2.65. The van der Waals surface area contributed by atoms with Gasteiger partial charge in [-0.3, -0.25) is 0 Å². The molecule has 1 aromatic carbocycles. The highest BCUT2D eigenvalue weighted by molar-refractivity contribution is 7.99. The van der Waals surface area contributed by atoms with Crippen LogP contribution in [0.25, 0.3) is 0 Å². The zero-order chi connectivity index (χ0) is 11.5. The first kappa shape index (κ1) is 11.2. The van der Waals surface area contributed by atoms with Crippen LogP contribution < -0.4 is 5.73 Å². The quantitative estimate of drug-likeness (QED) is 0.833. The van der Waals surface area contributed by atoms with Crippen LogP contribution in [0.1, 0.15) is 5.56 Å². The average molecular weight is 252 g/mol. The van der Waals surface area contributed by atoms with E-state index < -0.39 is 0 Å². The fourth-order valence-electron chi connectivity index (χ4n) is 1.15. The summed E-state index contributed by atoms with van der Waals surface area (Å²) < 4.78 is 0. The van der Waals surface area contributed by atoms with Crippen LogP contribution in [0.15, 0.2) is 40.4 Å². The molecule has 0 unspecified atom stereocenters. The van der Waals surface area contributed by atoms with Gasteiger partial charge in [-0.15, -0.1) is 0 Å². The number of halogens is 1. The van der Waals surface area contributed by atoms with Crippen molar-refractivity contribution in [3.8, 4) is 0 Å². The monoisotopic (exact) mass is 251 g/mol. The number of nitrogens with zero attached hydrogens (tertiary/aromatic N) is 2. The molecule has 0 radical (unpaired) electrons. The van der Waals surface area contributed by atoms with Crippen LogP contribution in [-0.4, -0.2) is 9.97 Å². The molecule has 0 saturated carbocycles. The van der Waals surface area contributed by atoms with Crippen molar-refractivity contribution < 1.29 is 0 Å². The lowest BCUT2D eigenvalue weighted by Crippen LogP contribution is -1.95. The van der Waals surface area contributed by atoms with E-state index in [1.807, 2.05) is 31.2 Å². The molecule has 0 amide bonds. The molecule has 1 aromatic heterocycles. The topological polar surface area (TPSA) is 51.8 Å². The highest BCUT2D eigenvalue weighted by Gasteiger charge is 2.05. The molecule has 3 nitrogen and oxygen atoms in total. The fraction of sp³-hybridized carbons (Fsp3) is 0.0909. The molecule has 2 N–H and O–H groups in total. The Kier molecular flexibility index (Phi) is 3.31. The number of hydrogen-bond acceptors (Lipinski definition) is 4. The first-order valence-electron chi connectivity index (χ1n) is 4.67. The summed E-state index contributed by atoms with van der Waals surface area (Å²) in [7, 11) is 0. The number of hydrogen-bond donors (Lipinski definition) is 1. The van der Waals surface area contributed by atoms with E-state index in [1.54, 1.807) is 0 Å². The van der Waals surface area contributed by atoms with Crippen molar-refractivity contribution >= 4 is 29.3 Å². The van der Waals surface area contributed by atoms with E-state index in [0.29, 0.717) is 10.0 Å². The van der Waals surface area contributed by atoms with Crippen LogP contribution in [0, 0.1) is 6.92 Å². The standard InChI is InChI=1S/C11H10ClN3S/c1-7-2-4-8(5-3-7)16-10-9(12)6-14-11(13)15-10/h2-6H,1H3,(H2,13,14,15). The first-order chi connectivity index (χ1) is 7.65. The Morgan fingerprint density at radius 3 is 2.62 bits per heavy atom. The molecule has 82 valence electrons. The summed E-state index contributed by atoms with van der Waals surface area (Å²) in [6.07, 6.45) is 1.51. The Bertz CT molecular complexity index is 499. The van der Waals surface area contributed by atoms with Crippen molar-refractivity contribution in [2.75, 3.05) is 5.73 Å². The zero-order valence-electron chi connectivity index (χ0n) is 8.64. The van der Waals surface area contributed by atoms with Gasteiger partial charge in [0.1, 0.15) is 5.03 Å². The van der Waals surface area contributed by atoms with Gasteiger partial charge in [-0.1, -0.05) is 41.1 Å². The maximum atomic E-state index is 5.98. The Morgan fingerprint density at radius 1 is 1.25 bits per heavy atom. The average Bonchev–Trinajstić information content (AvgIpc) is 2.27. The van der Waals surface area contributed by atoms with Gasteiger partial charge in [0.2, 0.25) is 5.95 Å². The third-order valence-corrected chi connectivity index (χ3v) is 3.37. The molecule has 16 heavy (non-hydrogen) atoms. The molecule has 0 bridgehead atoms. The van der Waals surface area contributed by atoms with Crippen molar-refractivity contribution in [2.24, 2.45) is 0 Å². The maximum absolute atomic E-state index is 5.98. The summed E-state index contributed by atoms with van der Waals surface area (Å²) >= 11 is 7.45. The minimum Gasteiger partial charge on any atom is -0.368 e. The summed E-state index contributed by atoms with van der Waals surface area (Å²) in [5.74, 6) is 0.235. The number of nitrogens with two attached hydrogens (primary N) is 1. The molecule has 0 aliphatic heterocycles. The molecule has 2 aromatic rings. The van der Waals surface area contributed by atoms with Crippen molar-refractivity contribution in [3.63, 3.8) is 0 Å². The predicted octanol–water partition coefficient (Wildman–Crippen LogP) is 3.17. The highest BCUT2D eigenvalue weighted by Crippen LogP contribution is 2.31. The lowest BCUT2D eigenvalue weighted by molar-refractivity contribution is 1.06. The van der Waals surface area contributed by atoms with E-state index in [0.717, 1.165) is 4.90 Å². The Labute approximate surface area is 103 Å². The molecule has 0 spiro atoms. The summed E-state index contributed by atoms with van der Waals surface area (Å²) in [5, 5.41) is 1.19. The molecular formula is C11H10ClN3S. The van der Waals surface area contributed by atoms with Gasteiger partial charge >= 0.3 is 0 Å². The lowest BCUT2D eigenvalue weighted by Gasteiger charge is -2.03. The smallest absolute Gasteiger partial charge is 0.221 e. The molecule has 0 fully saturated rings. The number of anilines is 1. The van der Waals surface area contributed by atoms with E-state index in [2.05, 4.69) is 9.97 Å². The van der Waals surface area contributed by atoms with Crippen LogP contribution >= 0.6 is 23.4 Å². The van der Waals surface area contributed by atoms with Gasteiger partial charge in [0, 0.05) is 4.90 Å². The van der Waals surface area contributed by atoms with Crippen molar-refractivity contribution in [1.82, 2.24) is 9.97 Å². The molecule has 0 saturated heterocycles. The van der Waals surface area contributed by atoms with Crippen LogP contribution in [0.4, 0.5) is 5.95 Å². The summed E-state index contributed by atoms with van der Waals surface area (Å²) in [4.78, 5) is 8.98. The second-order valence-electron chi connectivity index (χ2n) is 3.30. The molecule has 0 aliphatic carbocycles. The number of nitrogen functional groups attached to an aromatic ring is 1. The van der Waals surface area contributed by atoms with E-state index in [1.165, 1.54) is 23.5 Å². The second kappa shape index (κ2) is 4.72. The van der Waals surface area contributed by atoms with Gasteiger partial charge in [-0.2, -0.15) is 0 Å².